The standard InChI is InChI=1S/C20H24F5NO2/c1-26-17-12-15(28-20(23,24)25)9-8-14(17)11-16(18(26)27-2)19(21,22)10-4-3-5-13-6-7-13/h8-9,11-13,18H,3-7,10H2,1-2H3. The van der Waals surface area contributed by atoms with Gasteiger partial charge in [-0.15, -0.1) is 13.2 Å². The normalized spacial score (nSPS) is 20.0. The van der Waals surface area contributed by atoms with Crippen molar-refractivity contribution >= 4 is 11.8 Å². The lowest BCUT2D eigenvalue weighted by Gasteiger charge is -2.38. The van der Waals surface area contributed by atoms with Crippen molar-refractivity contribution in [2.75, 3.05) is 19.1 Å². The van der Waals surface area contributed by atoms with Gasteiger partial charge in [0.25, 0.3) is 5.92 Å². The average molecular weight is 405 g/mol. The largest absolute Gasteiger partial charge is 0.573 e. The molecule has 8 heteroatoms. The Hall–Kier alpha value is -1.83. The van der Waals surface area contributed by atoms with E-state index in [1.54, 1.807) is 0 Å². The number of hydrogen-bond acceptors (Lipinski definition) is 3. The smallest absolute Gasteiger partial charge is 0.406 e. The monoisotopic (exact) mass is 405 g/mol. The molecule has 0 N–H and O–H groups in total. The first-order chi connectivity index (χ1) is 13.1. The molecule has 1 aliphatic heterocycles. The van der Waals surface area contributed by atoms with Crippen LogP contribution in [0.5, 0.6) is 5.75 Å². The van der Waals surface area contributed by atoms with E-state index in [0.29, 0.717) is 23.6 Å². The first-order valence-electron chi connectivity index (χ1n) is 9.36. The van der Waals surface area contributed by atoms with Crippen LogP contribution in [0.2, 0.25) is 0 Å². The van der Waals surface area contributed by atoms with E-state index < -0.39 is 24.3 Å². The van der Waals surface area contributed by atoms with Crippen LogP contribution in [0.4, 0.5) is 27.6 Å². The van der Waals surface area contributed by atoms with Gasteiger partial charge < -0.3 is 14.4 Å². The Balaban J connectivity index is 1.80. The number of anilines is 1. The minimum atomic E-state index is -4.82. The maximum absolute atomic E-state index is 14.9. The Bertz CT molecular complexity index is 728. The van der Waals surface area contributed by atoms with Gasteiger partial charge in [0.1, 0.15) is 5.75 Å². The molecule has 156 valence electrons. The van der Waals surface area contributed by atoms with Crippen molar-refractivity contribution in [3.63, 3.8) is 0 Å². The van der Waals surface area contributed by atoms with E-state index in [4.69, 9.17) is 4.74 Å². The van der Waals surface area contributed by atoms with Gasteiger partial charge in [0.15, 0.2) is 6.23 Å². The number of halogens is 5. The Morgan fingerprint density at radius 1 is 1.11 bits per heavy atom. The highest BCUT2D eigenvalue weighted by Gasteiger charge is 2.42. The Morgan fingerprint density at radius 3 is 2.43 bits per heavy atom. The molecule has 0 amide bonds. The number of fused-ring (bicyclic) bond motifs is 1. The lowest BCUT2D eigenvalue weighted by molar-refractivity contribution is -0.274. The molecule has 0 spiro atoms. The van der Waals surface area contributed by atoms with E-state index in [2.05, 4.69) is 4.74 Å². The summed E-state index contributed by atoms with van der Waals surface area (Å²) in [6, 6.07) is 3.65. The van der Waals surface area contributed by atoms with E-state index >= 15 is 0 Å². The summed E-state index contributed by atoms with van der Waals surface area (Å²) in [5.74, 6) is -2.76. The molecule has 1 aromatic rings. The van der Waals surface area contributed by atoms with Crippen molar-refractivity contribution in [3.05, 3.63) is 29.3 Å². The highest BCUT2D eigenvalue weighted by Crippen LogP contribution is 2.43. The van der Waals surface area contributed by atoms with Gasteiger partial charge in [0.05, 0.1) is 0 Å². The van der Waals surface area contributed by atoms with E-state index in [9.17, 15) is 22.0 Å². The Labute approximate surface area is 161 Å². The summed E-state index contributed by atoms with van der Waals surface area (Å²) in [6.07, 6.45) is -0.242. The predicted octanol–water partition coefficient (Wildman–Crippen LogP) is 6.00. The fourth-order valence-electron chi connectivity index (χ4n) is 3.62. The Kier molecular flexibility index (Phi) is 5.89. The second-order valence-corrected chi connectivity index (χ2v) is 7.46. The summed E-state index contributed by atoms with van der Waals surface area (Å²) in [6.45, 7) is 0. The summed E-state index contributed by atoms with van der Waals surface area (Å²) in [5.41, 5.74) is 0.556. The van der Waals surface area contributed by atoms with Gasteiger partial charge in [-0.1, -0.05) is 25.7 Å². The topological polar surface area (TPSA) is 21.7 Å². The molecular weight excluding hydrogens is 381 g/mol. The summed E-state index contributed by atoms with van der Waals surface area (Å²) >= 11 is 0. The van der Waals surface area contributed by atoms with Crippen LogP contribution in [0, 0.1) is 5.92 Å². The highest BCUT2D eigenvalue weighted by molar-refractivity contribution is 5.76. The lowest BCUT2D eigenvalue weighted by atomic mass is 9.93. The second kappa shape index (κ2) is 7.89. The number of methoxy groups -OCH3 is 1. The third kappa shape index (κ3) is 4.96. The summed E-state index contributed by atoms with van der Waals surface area (Å²) in [5, 5.41) is 0. The Morgan fingerprint density at radius 2 is 1.82 bits per heavy atom. The van der Waals surface area contributed by atoms with Crippen LogP contribution >= 0.6 is 0 Å². The number of nitrogens with zero attached hydrogens (tertiary/aromatic N) is 1. The number of ether oxygens (including phenoxy) is 2. The van der Waals surface area contributed by atoms with Gasteiger partial charge >= 0.3 is 6.36 Å². The van der Waals surface area contributed by atoms with Gasteiger partial charge in [-0.05, 0) is 36.1 Å². The number of hydrogen-bond donors (Lipinski definition) is 0. The molecule has 0 bridgehead atoms. The molecule has 0 aromatic heterocycles. The first-order valence-corrected chi connectivity index (χ1v) is 9.36. The SMILES string of the molecule is COC1C(C(F)(F)CCCCC2CC2)=Cc2ccc(OC(F)(F)F)cc2N1C. The van der Waals surface area contributed by atoms with Crippen molar-refractivity contribution < 1.29 is 31.4 Å². The third-order valence-corrected chi connectivity index (χ3v) is 5.24. The fourth-order valence-corrected chi connectivity index (χ4v) is 3.62. The molecule has 0 saturated heterocycles. The minimum Gasteiger partial charge on any atom is -0.406 e. The second-order valence-electron chi connectivity index (χ2n) is 7.46. The highest BCUT2D eigenvalue weighted by atomic mass is 19.4. The van der Waals surface area contributed by atoms with Gasteiger partial charge in [-0.2, -0.15) is 0 Å². The molecule has 1 heterocycles. The van der Waals surface area contributed by atoms with Crippen molar-refractivity contribution in [1.29, 1.82) is 0 Å². The number of unbranched alkanes of at least 4 members (excludes halogenated alkanes) is 1. The van der Waals surface area contributed by atoms with Gasteiger partial charge in [-0.25, -0.2) is 8.78 Å². The van der Waals surface area contributed by atoms with E-state index in [1.165, 1.54) is 50.1 Å². The average Bonchev–Trinajstić information content (AvgIpc) is 3.42. The van der Waals surface area contributed by atoms with Crippen molar-refractivity contribution in [2.24, 2.45) is 5.92 Å². The van der Waals surface area contributed by atoms with E-state index in [0.717, 1.165) is 18.9 Å². The molecule has 1 atom stereocenters. The molecule has 1 aromatic carbocycles. The van der Waals surface area contributed by atoms with E-state index in [-0.39, 0.29) is 12.0 Å². The van der Waals surface area contributed by atoms with E-state index in [1.807, 2.05) is 0 Å². The minimum absolute atomic E-state index is 0.180. The maximum atomic E-state index is 14.9. The molecule has 28 heavy (non-hydrogen) atoms. The van der Waals surface area contributed by atoms with Crippen LogP contribution in [-0.4, -0.2) is 32.7 Å². The van der Waals surface area contributed by atoms with Crippen LogP contribution in [-0.2, 0) is 4.74 Å². The molecule has 3 rings (SSSR count). The predicted molar refractivity (Wildman–Crippen MR) is 96.4 cm³/mol. The maximum Gasteiger partial charge on any atom is 0.573 e. The number of likely N-dealkylation sites (N-methyl/N-ethyl adjacent to an activating group) is 1. The quantitative estimate of drug-likeness (QED) is 0.391. The van der Waals surface area contributed by atoms with Crippen molar-refractivity contribution in [1.82, 2.24) is 0 Å². The fraction of sp³-hybridized carbons (Fsp3) is 0.600. The third-order valence-electron chi connectivity index (χ3n) is 5.24. The molecule has 1 saturated carbocycles. The molecule has 1 fully saturated rings. The lowest BCUT2D eigenvalue weighted by Crippen LogP contribution is -2.43. The zero-order valence-electron chi connectivity index (χ0n) is 15.9. The number of alkyl halides is 5. The zero-order valence-corrected chi connectivity index (χ0v) is 15.9. The summed E-state index contributed by atoms with van der Waals surface area (Å²) < 4.78 is 76.4. The molecule has 0 radical (unpaired) electrons. The molecule has 2 aliphatic rings. The zero-order chi connectivity index (χ0) is 20.5. The van der Waals surface area contributed by atoms with Crippen LogP contribution in [0.15, 0.2) is 23.8 Å². The number of benzene rings is 1. The van der Waals surface area contributed by atoms with Gasteiger partial charge in [-0.3, -0.25) is 0 Å². The molecule has 1 unspecified atom stereocenters. The van der Waals surface area contributed by atoms with Gasteiger partial charge in [0, 0.05) is 37.9 Å². The molecule has 1 aliphatic carbocycles. The molecular formula is C20H24F5NO2. The van der Waals surface area contributed by atoms with Crippen LogP contribution < -0.4 is 9.64 Å². The summed E-state index contributed by atoms with van der Waals surface area (Å²) in [4.78, 5) is 1.41. The number of rotatable bonds is 8. The van der Waals surface area contributed by atoms with Crippen LogP contribution in [0.25, 0.3) is 6.08 Å². The van der Waals surface area contributed by atoms with Crippen LogP contribution in [0.1, 0.15) is 44.1 Å². The van der Waals surface area contributed by atoms with Crippen LogP contribution in [0.3, 0.4) is 0 Å². The first kappa shape index (κ1) is 20.9. The molecule has 3 nitrogen and oxygen atoms in total. The van der Waals surface area contributed by atoms with Crippen molar-refractivity contribution in [3.8, 4) is 5.75 Å². The van der Waals surface area contributed by atoms with Gasteiger partial charge in [0.2, 0.25) is 0 Å². The van der Waals surface area contributed by atoms with Crippen molar-refractivity contribution in [2.45, 2.75) is 57.0 Å². The summed E-state index contributed by atoms with van der Waals surface area (Å²) in [7, 11) is 2.82.